The molecule has 6 rings (SSSR count). The van der Waals surface area contributed by atoms with Crippen LogP contribution in [-0.2, 0) is 0 Å². The fourth-order valence-corrected chi connectivity index (χ4v) is 11.7. The standard InChI is InChI=1S/C37H32O6Si2/c1-7-19-32(20-8-1)38-44(39-33-21-9-2-10-22-33,40-34-23-11-3-12-24-34)31-45(41-35-25-13-4-14-26-35,42-36-27-15-5-16-28-36)43-37-29-17-6-18-30-37/h1-30H,31H2. The third kappa shape index (κ3) is 8.35. The molecular formula is C37H32O6Si2. The van der Waals surface area contributed by atoms with Crippen molar-refractivity contribution >= 4 is 17.6 Å². The van der Waals surface area contributed by atoms with Crippen LogP contribution in [0.25, 0.3) is 0 Å². The van der Waals surface area contributed by atoms with E-state index in [0.29, 0.717) is 34.5 Å². The molecule has 0 atom stereocenters. The first-order chi connectivity index (χ1) is 22.2. The highest BCUT2D eigenvalue weighted by Crippen LogP contribution is 2.34. The second kappa shape index (κ2) is 14.4. The molecule has 0 saturated carbocycles. The lowest BCUT2D eigenvalue weighted by atomic mass is 10.3. The molecule has 0 spiro atoms. The van der Waals surface area contributed by atoms with Gasteiger partial charge in [-0.3, -0.25) is 0 Å². The largest absolute Gasteiger partial charge is 0.707 e. The minimum atomic E-state index is -3.93. The maximum atomic E-state index is 6.87. The minimum absolute atomic E-state index is 0.0391. The molecule has 8 heteroatoms. The second-order valence-electron chi connectivity index (χ2n) is 10.0. The molecule has 0 amide bonds. The normalized spacial score (nSPS) is 11.2. The van der Waals surface area contributed by atoms with E-state index in [1.54, 1.807) is 0 Å². The van der Waals surface area contributed by atoms with Gasteiger partial charge in [0.15, 0.2) is 5.67 Å². The van der Waals surface area contributed by atoms with Gasteiger partial charge in [-0.25, -0.2) is 0 Å². The highest BCUT2D eigenvalue weighted by Gasteiger charge is 2.66. The van der Waals surface area contributed by atoms with Crippen LogP contribution in [0.3, 0.4) is 0 Å². The van der Waals surface area contributed by atoms with Crippen LogP contribution in [0, 0.1) is 0 Å². The van der Waals surface area contributed by atoms with Crippen LogP contribution < -0.4 is 26.6 Å². The van der Waals surface area contributed by atoms with E-state index in [-0.39, 0.29) is 5.67 Å². The van der Waals surface area contributed by atoms with Gasteiger partial charge in [0.2, 0.25) is 0 Å². The summed E-state index contributed by atoms with van der Waals surface area (Å²) in [6.45, 7) is 0. The van der Waals surface area contributed by atoms with Crippen LogP contribution in [0.5, 0.6) is 34.5 Å². The Kier molecular flexibility index (Phi) is 9.45. The predicted octanol–water partition coefficient (Wildman–Crippen LogP) is 8.88. The van der Waals surface area contributed by atoms with Gasteiger partial charge in [0.1, 0.15) is 34.5 Å². The first kappa shape index (κ1) is 29.6. The summed E-state index contributed by atoms with van der Waals surface area (Å²) in [5, 5.41) is 0. The van der Waals surface area contributed by atoms with Crippen molar-refractivity contribution in [1.29, 1.82) is 0 Å². The van der Waals surface area contributed by atoms with Gasteiger partial charge in [-0.15, -0.1) is 0 Å². The average Bonchev–Trinajstić information content (AvgIpc) is 3.07. The summed E-state index contributed by atoms with van der Waals surface area (Å²) in [5.41, 5.74) is 0.0391. The third-order valence-electron chi connectivity index (χ3n) is 6.53. The SMILES string of the molecule is c1ccc(O[Si](C[Si](Oc2ccccc2)(Oc2ccccc2)Oc2ccccc2)(Oc2ccccc2)Oc2ccccc2)cc1. The molecule has 0 radical (unpaired) electrons. The monoisotopic (exact) mass is 628 g/mol. The summed E-state index contributed by atoms with van der Waals surface area (Å²) in [4.78, 5) is 0. The first-order valence-corrected chi connectivity index (χ1v) is 18.5. The van der Waals surface area contributed by atoms with Gasteiger partial charge in [0, 0.05) is 0 Å². The van der Waals surface area contributed by atoms with Gasteiger partial charge in [0.25, 0.3) is 0 Å². The summed E-state index contributed by atoms with van der Waals surface area (Å²) >= 11 is 0. The molecule has 0 bridgehead atoms. The van der Waals surface area contributed by atoms with Gasteiger partial charge in [0.05, 0.1) is 0 Å². The second-order valence-corrected chi connectivity index (χ2v) is 15.4. The lowest BCUT2D eigenvalue weighted by Gasteiger charge is -2.36. The number of hydrogen-bond donors (Lipinski definition) is 0. The van der Waals surface area contributed by atoms with E-state index in [9.17, 15) is 0 Å². The molecule has 0 unspecified atom stereocenters. The highest BCUT2D eigenvalue weighted by molar-refractivity contribution is 6.82. The molecule has 0 aliphatic rings. The lowest BCUT2D eigenvalue weighted by Crippen LogP contribution is -2.67. The Labute approximate surface area is 265 Å². The van der Waals surface area contributed by atoms with Gasteiger partial charge in [-0.05, 0) is 72.8 Å². The Morgan fingerprint density at radius 3 is 0.556 bits per heavy atom. The van der Waals surface area contributed by atoms with Crippen molar-refractivity contribution in [3.05, 3.63) is 182 Å². The van der Waals surface area contributed by atoms with E-state index >= 15 is 0 Å². The van der Waals surface area contributed by atoms with Crippen molar-refractivity contribution in [3.63, 3.8) is 0 Å². The molecule has 6 aromatic rings. The molecule has 0 saturated heterocycles. The highest BCUT2D eigenvalue weighted by atomic mass is 28.5. The van der Waals surface area contributed by atoms with Crippen LogP contribution in [0.15, 0.2) is 182 Å². The molecule has 6 aromatic carbocycles. The molecule has 0 heterocycles. The van der Waals surface area contributed by atoms with E-state index in [1.165, 1.54) is 0 Å². The molecule has 0 aliphatic carbocycles. The first-order valence-electron chi connectivity index (χ1n) is 14.6. The zero-order valence-corrected chi connectivity index (χ0v) is 26.5. The maximum absolute atomic E-state index is 6.87. The minimum Gasteiger partial charge on any atom is -0.483 e. The van der Waals surface area contributed by atoms with Crippen molar-refractivity contribution in [3.8, 4) is 34.5 Å². The van der Waals surface area contributed by atoms with Gasteiger partial charge in [-0.2, -0.15) is 0 Å². The molecule has 224 valence electrons. The quantitative estimate of drug-likeness (QED) is 0.112. The fourth-order valence-electron chi connectivity index (χ4n) is 4.62. The number of hydrogen-bond acceptors (Lipinski definition) is 6. The van der Waals surface area contributed by atoms with Crippen molar-refractivity contribution in [2.75, 3.05) is 0 Å². The Morgan fingerprint density at radius 1 is 0.244 bits per heavy atom. The molecule has 0 fully saturated rings. The van der Waals surface area contributed by atoms with E-state index < -0.39 is 17.6 Å². The number of rotatable bonds is 14. The molecule has 0 aromatic heterocycles. The maximum Gasteiger partial charge on any atom is 0.707 e. The summed E-state index contributed by atoms with van der Waals surface area (Å²) < 4.78 is 41.2. The predicted molar refractivity (Wildman–Crippen MR) is 179 cm³/mol. The Bertz CT molecular complexity index is 1380. The molecular weight excluding hydrogens is 597 g/mol. The topological polar surface area (TPSA) is 55.4 Å². The summed E-state index contributed by atoms with van der Waals surface area (Å²) in [5.74, 6) is 3.49. The molecule has 0 aliphatic heterocycles. The van der Waals surface area contributed by atoms with Crippen molar-refractivity contribution in [2.45, 2.75) is 5.67 Å². The molecule has 0 N–H and O–H groups in total. The Balaban J connectivity index is 1.53. The van der Waals surface area contributed by atoms with Gasteiger partial charge in [-0.1, -0.05) is 109 Å². The van der Waals surface area contributed by atoms with E-state index in [0.717, 1.165) is 0 Å². The average molecular weight is 629 g/mol. The zero-order valence-electron chi connectivity index (χ0n) is 24.5. The molecule has 45 heavy (non-hydrogen) atoms. The lowest BCUT2D eigenvalue weighted by molar-refractivity contribution is 0.232. The molecule has 6 nitrogen and oxygen atoms in total. The Hall–Kier alpha value is -5.45. The van der Waals surface area contributed by atoms with Crippen LogP contribution >= 0.6 is 0 Å². The fraction of sp³-hybridized carbons (Fsp3) is 0.0270. The van der Waals surface area contributed by atoms with Crippen molar-refractivity contribution < 1.29 is 26.6 Å². The van der Waals surface area contributed by atoms with Crippen molar-refractivity contribution in [2.24, 2.45) is 0 Å². The van der Waals surface area contributed by atoms with Crippen molar-refractivity contribution in [1.82, 2.24) is 0 Å². The van der Waals surface area contributed by atoms with Gasteiger partial charge >= 0.3 is 17.6 Å². The number of benzene rings is 6. The van der Waals surface area contributed by atoms with E-state index in [4.69, 9.17) is 26.6 Å². The van der Waals surface area contributed by atoms with E-state index in [1.807, 2.05) is 182 Å². The smallest absolute Gasteiger partial charge is 0.483 e. The van der Waals surface area contributed by atoms with Gasteiger partial charge < -0.3 is 26.6 Å². The van der Waals surface area contributed by atoms with Crippen LogP contribution in [0.4, 0.5) is 0 Å². The summed E-state index contributed by atoms with van der Waals surface area (Å²) in [7, 11) is -7.86. The number of para-hydroxylation sites is 6. The summed E-state index contributed by atoms with van der Waals surface area (Å²) in [6, 6.07) is 57.0. The van der Waals surface area contributed by atoms with Crippen LogP contribution in [-0.4, -0.2) is 17.6 Å². The summed E-state index contributed by atoms with van der Waals surface area (Å²) in [6.07, 6.45) is 0. The third-order valence-corrected chi connectivity index (χ3v) is 13.3. The van der Waals surface area contributed by atoms with Crippen LogP contribution in [0.2, 0.25) is 5.67 Å². The Morgan fingerprint density at radius 2 is 0.400 bits per heavy atom. The van der Waals surface area contributed by atoms with E-state index in [2.05, 4.69) is 0 Å². The van der Waals surface area contributed by atoms with Crippen LogP contribution in [0.1, 0.15) is 0 Å². The zero-order chi connectivity index (χ0) is 30.6.